The fourth-order valence-corrected chi connectivity index (χ4v) is 4.67. The second-order valence-electron chi connectivity index (χ2n) is 9.06. The number of aliphatic carboxylic acids is 1. The Labute approximate surface area is 195 Å². The van der Waals surface area contributed by atoms with Crippen LogP contribution in [0.15, 0.2) is 59.7 Å². The van der Waals surface area contributed by atoms with Gasteiger partial charge in [0.05, 0.1) is 24.9 Å². The van der Waals surface area contributed by atoms with Crippen molar-refractivity contribution in [2.45, 2.75) is 44.2 Å². The van der Waals surface area contributed by atoms with E-state index in [0.717, 1.165) is 57.3 Å². The molecule has 7 nitrogen and oxygen atoms in total. The van der Waals surface area contributed by atoms with Crippen LogP contribution in [0.5, 0.6) is 0 Å². The first-order chi connectivity index (χ1) is 16.2. The second kappa shape index (κ2) is 11.9. The van der Waals surface area contributed by atoms with Gasteiger partial charge in [-0.25, -0.2) is 0 Å². The molecule has 0 spiro atoms. The minimum atomic E-state index is -0.740. The molecule has 2 aliphatic rings. The van der Waals surface area contributed by atoms with E-state index < -0.39 is 5.97 Å². The summed E-state index contributed by atoms with van der Waals surface area (Å²) in [5.41, 5.74) is 9.91. The number of carbonyl (C=O) groups is 1. The molecule has 2 heterocycles. The molecule has 2 unspecified atom stereocenters. The lowest BCUT2D eigenvalue weighted by Crippen LogP contribution is -2.38. The average molecular weight is 451 g/mol. The second-order valence-corrected chi connectivity index (χ2v) is 9.06. The summed E-state index contributed by atoms with van der Waals surface area (Å²) in [5.74, 6) is -0.134. The van der Waals surface area contributed by atoms with Gasteiger partial charge in [0.25, 0.3) is 0 Å². The van der Waals surface area contributed by atoms with Crippen molar-refractivity contribution in [2.75, 3.05) is 26.2 Å². The molecule has 4 rings (SSSR count). The maximum absolute atomic E-state index is 10.9. The molecule has 0 saturated carbocycles. The van der Waals surface area contributed by atoms with Crippen LogP contribution in [0.25, 0.3) is 0 Å². The normalized spacial score (nSPS) is 22.1. The number of hydrogen-bond acceptors (Lipinski definition) is 6. The molecule has 33 heavy (non-hydrogen) atoms. The molecule has 2 aliphatic heterocycles. The highest BCUT2D eigenvalue weighted by atomic mass is 16.7. The molecule has 2 fully saturated rings. The van der Waals surface area contributed by atoms with Crippen LogP contribution in [-0.4, -0.2) is 54.5 Å². The average Bonchev–Trinajstić information content (AvgIpc) is 3.29. The van der Waals surface area contributed by atoms with Crippen LogP contribution in [0.4, 0.5) is 0 Å². The van der Waals surface area contributed by atoms with Crippen LogP contribution in [0, 0.1) is 5.92 Å². The first-order valence-electron chi connectivity index (χ1n) is 11.9. The van der Waals surface area contributed by atoms with Gasteiger partial charge < -0.3 is 10.5 Å². The van der Waals surface area contributed by atoms with Crippen LogP contribution in [0.1, 0.15) is 48.4 Å². The Kier molecular flexibility index (Phi) is 8.47. The number of likely N-dealkylation sites (tertiary alicyclic amines) is 1. The lowest BCUT2D eigenvalue weighted by atomic mass is 9.89. The third kappa shape index (κ3) is 7.39. The molecule has 0 aliphatic carbocycles. The van der Waals surface area contributed by atoms with Crippen molar-refractivity contribution in [2.24, 2.45) is 11.0 Å². The summed E-state index contributed by atoms with van der Waals surface area (Å²) < 4.78 is 0. The first kappa shape index (κ1) is 23.4. The Morgan fingerprint density at radius 1 is 1.15 bits per heavy atom. The van der Waals surface area contributed by atoms with E-state index in [2.05, 4.69) is 64.5 Å². The molecule has 2 aromatic carbocycles. The van der Waals surface area contributed by atoms with E-state index >= 15 is 0 Å². The van der Waals surface area contributed by atoms with Gasteiger partial charge >= 0.3 is 5.97 Å². The highest BCUT2D eigenvalue weighted by Crippen LogP contribution is 2.31. The van der Waals surface area contributed by atoms with Gasteiger partial charge in [-0.05, 0) is 67.8 Å². The zero-order valence-electron chi connectivity index (χ0n) is 19.0. The molecule has 2 atom stereocenters. The maximum Gasteiger partial charge on any atom is 0.317 e. The van der Waals surface area contributed by atoms with Crippen LogP contribution in [0.2, 0.25) is 0 Å². The molecule has 3 N–H and O–H groups in total. The Morgan fingerprint density at radius 3 is 2.64 bits per heavy atom. The van der Waals surface area contributed by atoms with E-state index in [-0.39, 0.29) is 18.7 Å². The highest BCUT2D eigenvalue weighted by Gasteiger charge is 2.30. The number of carboxylic acids is 1. The van der Waals surface area contributed by atoms with Gasteiger partial charge in [0.1, 0.15) is 0 Å². The molecular formula is C26H34N4O3. The first-order valence-corrected chi connectivity index (χ1v) is 11.9. The van der Waals surface area contributed by atoms with Crippen LogP contribution in [0.3, 0.4) is 0 Å². The third-order valence-electron chi connectivity index (χ3n) is 6.55. The topological polar surface area (TPSA) is 86.2 Å². The molecule has 2 aromatic rings. The van der Waals surface area contributed by atoms with E-state index in [0.29, 0.717) is 5.92 Å². The summed E-state index contributed by atoms with van der Waals surface area (Å²) >= 11 is 0. The van der Waals surface area contributed by atoms with Gasteiger partial charge in [-0.2, -0.15) is 10.6 Å². The quantitative estimate of drug-likeness (QED) is 0.292. The molecule has 2 saturated heterocycles. The lowest BCUT2D eigenvalue weighted by molar-refractivity contribution is -0.138. The zero-order valence-corrected chi connectivity index (χ0v) is 19.0. The SMILES string of the molecule is O=C(O)CN1CCC(CC2CC(c3ccc(C=NNCCc4ccccc4)cc3)NO2)CC1. The van der Waals surface area contributed by atoms with Gasteiger partial charge in [0.2, 0.25) is 0 Å². The Balaban J connectivity index is 1.16. The monoisotopic (exact) mass is 450 g/mol. The van der Waals surface area contributed by atoms with E-state index in [9.17, 15) is 4.79 Å². The van der Waals surface area contributed by atoms with Crippen molar-refractivity contribution in [3.05, 3.63) is 71.3 Å². The minimum Gasteiger partial charge on any atom is -0.480 e. The molecule has 0 bridgehead atoms. The summed E-state index contributed by atoms with van der Waals surface area (Å²) in [5, 5.41) is 13.3. The number of hydrazone groups is 1. The van der Waals surface area contributed by atoms with Crippen molar-refractivity contribution in [3.63, 3.8) is 0 Å². The van der Waals surface area contributed by atoms with Crippen molar-refractivity contribution in [3.8, 4) is 0 Å². The predicted molar refractivity (Wildman–Crippen MR) is 129 cm³/mol. The molecule has 0 amide bonds. The van der Waals surface area contributed by atoms with E-state index in [1.165, 1.54) is 11.1 Å². The standard InChI is InChI=1S/C26H34N4O3/c31-26(32)19-30-14-11-21(12-15-30)16-24-17-25(29-33-24)23-8-6-22(7-9-23)18-28-27-13-10-20-4-2-1-3-5-20/h1-9,18,21,24-25,27,29H,10-17,19H2,(H,31,32). The number of benzene rings is 2. The lowest BCUT2D eigenvalue weighted by Gasteiger charge is -2.31. The number of nitrogens with one attached hydrogen (secondary N) is 2. The van der Waals surface area contributed by atoms with Crippen molar-refractivity contribution < 1.29 is 14.7 Å². The summed E-state index contributed by atoms with van der Waals surface area (Å²) in [6, 6.07) is 19.0. The number of piperidine rings is 1. The van der Waals surface area contributed by atoms with Crippen LogP contribution < -0.4 is 10.9 Å². The van der Waals surface area contributed by atoms with E-state index in [4.69, 9.17) is 9.94 Å². The number of rotatable bonds is 10. The summed E-state index contributed by atoms with van der Waals surface area (Å²) in [4.78, 5) is 18.8. The highest BCUT2D eigenvalue weighted by molar-refractivity contribution is 5.79. The van der Waals surface area contributed by atoms with E-state index in [1.807, 2.05) is 17.2 Å². The van der Waals surface area contributed by atoms with E-state index in [1.54, 1.807) is 0 Å². The van der Waals surface area contributed by atoms with Gasteiger partial charge in [-0.15, -0.1) is 0 Å². The maximum atomic E-state index is 10.9. The number of hydrogen-bond donors (Lipinski definition) is 3. The number of nitrogens with zero attached hydrogens (tertiary/aromatic N) is 2. The molecule has 0 aromatic heterocycles. The summed E-state index contributed by atoms with van der Waals surface area (Å²) in [6.45, 7) is 2.69. The molecule has 0 radical (unpaired) electrons. The van der Waals surface area contributed by atoms with Crippen molar-refractivity contribution in [1.82, 2.24) is 15.8 Å². The predicted octanol–water partition coefficient (Wildman–Crippen LogP) is 3.37. The molecule has 7 heteroatoms. The van der Waals surface area contributed by atoms with Gasteiger partial charge in [0, 0.05) is 6.54 Å². The minimum absolute atomic E-state index is 0.154. The molecular weight excluding hydrogens is 416 g/mol. The Morgan fingerprint density at radius 2 is 1.91 bits per heavy atom. The number of carboxylic acid groups (broad SMARTS) is 1. The fourth-order valence-electron chi connectivity index (χ4n) is 4.67. The van der Waals surface area contributed by atoms with Crippen LogP contribution >= 0.6 is 0 Å². The smallest absolute Gasteiger partial charge is 0.317 e. The summed E-state index contributed by atoms with van der Waals surface area (Å²) in [6.07, 6.45) is 7.10. The number of hydroxylamine groups is 1. The third-order valence-corrected chi connectivity index (χ3v) is 6.55. The van der Waals surface area contributed by atoms with Gasteiger partial charge in [0.15, 0.2) is 0 Å². The van der Waals surface area contributed by atoms with Crippen molar-refractivity contribution >= 4 is 12.2 Å². The Hall–Kier alpha value is -2.74. The molecule has 176 valence electrons. The zero-order chi connectivity index (χ0) is 22.9. The van der Waals surface area contributed by atoms with Gasteiger partial charge in [-0.3, -0.25) is 14.5 Å². The largest absolute Gasteiger partial charge is 0.480 e. The Bertz CT molecular complexity index is 896. The summed E-state index contributed by atoms with van der Waals surface area (Å²) in [7, 11) is 0. The fraction of sp³-hybridized carbons (Fsp3) is 0.462. The van der Waals surface area contributed by atoms with Crippen molar-refractivity contribution in [1.29, 1.82) is 0 Å². The van der Waals surface area contributed by atoms with Gasteiger partial charge in [-0.1, -0.05) is 54.6 Å². The van der Waals surface area contributed by atoms with Crippen LogP contribution in [-0.2, 0) is 16.1 Å².